The first kappa shape index (κ1) is 20.2. The zero-order valence-electron chi connectivity index (χ0n) is 14.8. The van der Waals surface area contributed by atoms with Crippen molar-refractivity contribution >= 4 is 40.1 Å². The molecule has 8 heteroatoms. The van der Waals surface area contributed by atoms with Crippen molar-refractivity contribution in [2.45, 2.75) is 26.7 Å². The first-order chi connectivity index (χ1) is 12.4. The van der Waals surface area contributed by atoms with Crippen molar-refractivity contribution in [1.82, 2.24) is 10.3 Å². The average molecular weight is 396 g/mol. The van der Waals surface area contributed by atoms with E-state index in [2.05, 4.69) is 15.6 Å². The third-order valence-electron chi connectivity index (χ3n) is 3.30. The van der Waals surface area contributed by atoms with Gasteiger partial charge in [-0.15, -0.1) is 11.3 Å². The van der Waals surface area contributed by atoms with E-state index in [-0.39, 0.29) is 18.2 Å². The van der Waals surface area contributed by atoms with Crippen LogP contribution in [-0.4, -0.2) is 30.1 Å². The summed E-state index contributed by atoms with van der Waals surface area (Å²) in [6.45, 7) is 4.80. The molecule has 1 aromatic heterocycles. The van der Waals surface area contributed by atoms with Gasteiger partial charge in [0, 0.05) is 16.9 Å². The monoisotopic (exact) mass is 395 g/mol. The number of nitrogens with zero attached hydrogens (tertiary/aromatic N) is 1. The van der Waals surface area contributed by atoms with E-state index >= 15 is 0 Å². The minimum atomic E-state index is -0.535. The lowest BCUT2D eigenvalue weighted by molar-refractivity contribution is -0.120. The maximum atomic E-state index is 12.0. The Hall–Kier alpha value is -2.12. The number of hydrogen-bond donors (Lipinski definition) is 2. The molecule has 1 aromatic carbocycles. The number of benzene rings is 1. The molecule has 140 valence electrons. The van der Waals surface area contributed by atoms with Crippen LogP contribution in [-0.2, 0) is 22.4 Å². The molecule has 6 nitrogen and oxygen atoms in total. The minimum Gasteiger partial charge on any atom is -0.449 e. The summed E-state index contributed by atoms with van der Waals surface area (Å²) in [6, 6.07) is 7.53. The van der Waals surface area contributed by atoms with Crippen LogP contribution in [0.4, 0.5) is 9.93 Å². The lowest BCUT2D eigenvalue weighted by atomic mass is 10.1. The van der Waals surface area contributed by atoms with Gasteiger partial charge in [0.2, 0.25) is 5.91 Å². The average Bonchev–Trinajstić information content (AvgIpc) is 3.01. The van der Waals surface area contributed by atoms with Gasteiger partial charge in [0.1, 0.15) is 0 Å². The van der Waals surface area contributed by atoms with Crippen molar-refractivity contribution in [1.29, 1.82) is 0 Å². The molecule has 0 spiro atoms. The molecule has 0 radical (unpaired) electrons. The molecule has 0 saturated heterocycles. The Balaban J connectivity index is 1.71. The molecule has 1 heterocycles. The van der Waals surface area contributed by atoms with E-state index in [1.807, 2.05) is 38.1 Å². The van der Waals surface area contributed by atoms with E-state index in [0.29, 0.717) is 29.0 Å². The zero-order valence-corrected chi connectivity index (χ0v) is 16.3. The van der Waals surface area contributed by atoms with Crippen LogP contribution in [0.5, 0.6) is 0 Å². The second-order valence-corrected chi connectivity index (χ2v) is 7.46. The number of nitrogens with one attached hydrogen (secondary N) is 2. The molecule has 2 amide bonds. The number of anilines is 1. The van der Waals surface area contributed by atoms with Gasteiger partial charge in [0.05, 0.1) is 18.7 Å². The normalized spacial score (nSPS) is 10.6. The molecule has 0 aliphatic carbocycles. The Morgan fingerprint density at radius 1 is 1.27 bits per heavy atom. The van der Waals surface area contributed by atoms with Crippen molar-refractivity contribution in [2.75, 3.05) is 18.5 Å². The van der Waals surface area contributed by atoms with Gasteiger partial charge in [0.15, 0.2) is 5.13 Å². The van der Waals surface area contributed by atoms with Gasteiger partial charge in [-0.3, -0.25) is 10.1 Å². The van der Waals surface area contributed by atoms with Gasteiger partial charge in [-0.05, 0) is 30.0 Å². The first-order valence-corrected chi connectivity index (χ1v) is 9.57. The first-order valence-electron chi connectivity index (χ1n) is 8.31. The number of rotatable bonds is 8. The fourth-order valence-corrected chi connectivity index (χ4v) is 2.86. The van der Waals surface area contributed by atoms with E-state index in [1.54, 1.807) is 5.38 Å². The number of amides is 2. The maximum Gasteiger partial charge on any atom is 0.413 e. The zero-order chi connectivity index (χ0) is 18.9. The van der Waals surface area contributed by atoms with Crippen LogP contribution in [0, 0.1) is 5.92 Å². The highest BCUT2D eigenvalue weighted by molar-refractivity contribution is 7.13. The number of halogens is 1. The molecular weight excluding hydrogens is 374 g/mol. The Labute approximate surface area is 161 Å². The van der Waals surface area contributed by atoms with E-state index in [1.165, 1.54) is 11.3 Å². The van der Waals surface area contributed by atoms with Crippen molar-refractivity contribution in [3.05, 3.63) is 45.9 Å². The maximum absolute atomic E-state index is 12.0. The molecule has 0 saturated carbocycles. The van der Waals surface area contributed by atoms with E-state index < -0.39 is 6.09 Å². The summed E-state index contributed by atoms with van der Waals surface area (Å²) in [5.41, 5.74) is 1.72. The molecule has 0 aliphatic rings. The van der Waals surface area contributed by atoms with Crippen LogP contribution >= 0.6 is 22.9 Å². The molecule has 2 N–H and O–H groups in total. The minimum absolute atomic E-state index is 0.113. The highest BCUT2D eigenvalue weighted by Gasteiger charge is 2.11. The number of thiazole rings is 1. The van der Waals surface area contributed by atoms with E-state index in [0.717, 1.165) is 12.0 Å². The second kappa shape index (κ2) is 10.1. The summed E-state index contributed by atoms with van der Waals surface area (Å²) in [5, 5.41) is 8.28. The van der Waals surface area contributed by atoms with Gasteiger partial charge < -0.3 is 10.1 Å². The van der Waals surface area contributed by atoms with Crippen molar-refractivity contribution in [3.8, 4) is 0 Å². The van der Waals surface area contributed by atoms with Crippen molar-refractivity contribution in [2.24, 2.45) is 5.92 Å². The summed E-state index contributed by atoms with van der Waals surface area (Å²) in [4.78, 5) is 27.8. The van der Waals surface area contributed by atoms with Gasteiger partial charge in [-0.1, -0.05) is 37.6 Å². The number of hydrogen-bond acceptors (Lipinski definition) is 5. The molecule has 2 aromatic rings. The van der Waals surface area contributed by atoms with Crippen LogP contribution in [0.25, 0.3) is 0 Å². The van der Waals surface area contributed by atoms with Gasteiger partial charge in [0.25, 0.3) is 0 Å². The summed E-state index contributed by atoms with van der Waals surface area (Å²) < 4.78 is 5.03. The number of carbonyl (C=O) groups is 2. The fraction of sp³-hybridized carbons (Fsp3) is 0.389. The predicted molar refractivity (Wildman–Crippen MR) is 104 cm³/mol. The molecule has 0 atom stereocenters. The molecular formula is C18H22ClN3O3S. The largest absolute Gasteiger partial charge is 0.449 e. The summed E-state index contributed by atoms with van der Waals surface area (Å²) in [5.74, 6) is 0.155. The van der Waals surface area contributed by atoms with Crippen LogP contribution in [0.3, 0.4) is 0 Å². The Morgan fingerprint density at radius 2 is 2.00 bits per heavy atom. The van der Waals surface area contributed by atoms with E-state index in [4.69, 9.17) is 16.3 Å². The fourth-order valence-electron chi connectivity index (χ4n) is 2.04. The second-order valence-electron chi connectivity index (χ2n) is 6.16. The van der Waals surface area contributed by atoms with Gasteiger partial charge in [-0.2, -0.15) is 0 Å². The van der Waals surface area contributed by atoms with E-state index in [9.17, 15) is 9.59 Å². The Bertz CT molecular complexity index is 732. The number of carbonyl (C=O) groups excluding carboxylic acids is 2. The number of aromatic nitrogens is 1. The van der Waals surface area contributed by atoms with Crippen LogP contribution in [0.2, 0.25) is 5.02 Å². The standard InChI is InChI=1S/C18H22ClN3O3S/c1-12(2)10-25-18(24)22-17-21-15(11-26-17)9-16(23)20-8-7-13-3-5-14(19)6-4-13/h3-6,11-12H,7-10H2,1-2H3,(H,20,23)(H,21,22,24). The molecule has 2 rings (SSSR count). The third-order valence-corrected chi connectivity index (χ3v) is 4.36. The summed E-state index contributed by atoms with van der Waals surface area (Å²) in [7, 11) is 0. The Morgan fingerprint density at radius 3 is 2.69 bits per heavy atom. The van der Waals surface area contributed by atoms with Gasteiger partial charge >= 0.3 is 6.09 Å². The SMILES string of the molecule is CC(C)COC(=O)Nc1nc(CC(=O)NCCc2ccc(Cl)cc2)cs1. The summed E-state index contributed by atoms with van der Waals surface area (Å²) in [6.07, 6.45) is 0.362. The Kier molecular flexibility index (Phi) is 7.87. The smallest absolute Gasteiger partial charge is 0.413 e. The molecule has 0 bridgehead atoms. The molecule has 0 aliphatic heterocycles. The topological polar surface area (TPSA) is 80.3 Å². The lowest BCUT2D eigenvalue weighted by Crippen LogP contribution is -2.27. The van der Waals surface area contributed by atoms with Gasteiger partial charge in [-0.25, -0.2) is 9.78 Å². The molecule has 0 unspecified atom stereocenters. The lowest BCUT2D eigenvalue weighted by Gasteiger charge is -2.06. The highest BCUT2D eigenvalue weighted by atomic mass is 35.5. The highest BCUT2D eigenvalue weighted by Crippen LogP contribution is 2.16. The number of ether oxygens (including phenoxy) is 1. The van der Waals surface area contributed by atoms with Crippen LogP contribution < -0.4 is 10.6 Å². The molecule has 26 heavy (non-hydrogen) atoms. The summed E-state index contributed by atoms with van der Waals surface area (Å²) >= 11 is 7.10. The van der Waals surface area contributed by atoms with Crippen molar-refractivity contribution < 1.29 is 14.3 Å². The molecule has 0 fully saturated rings. The quantitative estimate of drug-likeness (QED) is 0.710. The van der Waals surface area contributed by atoms with Crippen LogP contribution in [0.1, 0.15) is 25.1 Å². The third kappa shape index (κ3) is 7.41. The predicted octanol–water partition coefficient (Wildman–Crippen LogP) is 3.90. The van der Waals surface area contributed by atoms with Crippen molar-refractivity contribution in [3.63, 3.8) is 0 Å². The van der Waals surface area contributed by atoms with Crippen LogP contribution in [0.15, 0.2) is 29.6 Å².